The van der Waals surface area contributed by atoms with Gasteiger partial charge in [-0.2, -0.15) is 8.75 Å². The Morgan fingerprint density at radius 2 is 2.18 bits per heavy atom. The first-order chi connectivity index (χ1) is 8.36. The van der Waals surface area contributed by atoms with Crippen LogP contribution in [0.4, 0.5) is 11.5 Å². The molecule has 88 valence electrons. The number of fused-ring (bicyclic) bond motifs is 1. The van der Waals surface area contributed by atoms with Crippen molar-refractivity contribution in [3.8, 4) is 5.75 Å². The third-order valence-corrected chi connectivity index (χ3v) is 3.50. The molecular weight excluding hydrogens is 258 g/mol. The lowest BCUT2D eigenvalue weighted by Crippen LogP contribution is -2.18. The molecule has 1 aromatic carbocycles. The summed E-state index contributed by atoms with van der Waals surface area (Å²) in [6.07, 6.45) is 0.933. The summed E-state index contributed by atoms with van der Waals surface area (Å²) in [5.74, 6) is 1.59. The second kappa shape index (κ2) is 4.50. The lowest BCUT2D eigenvalue weighted by Gasteiger charge is -2.20. The van der Waals surface area contributed by atoms with Gasteiger partial charge in [0.2, 0.25) is 0 Å². The van der Waals surface area contributed by atoms with Gasteiger partial charge >= 0.3 is 0 Å². The van der Waals surface area contributed by atoms with Crippen LogP contribution in [-0.2, 0) is 0 Å². The molecule has 0 N–H and O–H groups in total. The van der Waals surface area contributed by atoms with E-state index >= 15 is 0 Å². The van der Waals surface area contributed by atoms with Crippen molar-refractivity contribution >= 4 is 34.8 Å². The molecule has 0 spiro atoms. The van der Waals surface area contributed by atoms with E-state index in [1.165, 1.54) is 0 Å². The minimum atomic E-state index is 0.451. The zero-order valence-electron chi connectivity index (χ0n) is 8.97. The highest BCUT2D eigenvalue weighted by molar-refractivity contribution is 6.99. The molecule has 1 aliphatic heterocycles. The minimum Gasteiger partial charge on any atom is -0.491 e. The van der Waals surface area contributed by atoms with Crippen molar-refractivity contribution in [1.82, 2.24) is 8.75 Å². The van der Waals surface area contributed by atoms with Crippen LogP contribution in [0.3, 0.4) is 0 Å². The van der Waals surface area contributed by atoms with Gasteiger partial charge in [0.15, 0.2) is 11.0 Å². The Morgan fingerprint density at radius 3 is 3.00 bits per heavy atom. The van der Waals surface area contributed by atoms with Crippen LogP contribution in [0.5, 0.6) is 5.75 Å². The molecule has 0 saturated heterocycles. The van der Waals surface area contributed by atoms with Crippen molar-refractivity contribution in [1.29, 1.82) is 0 Å². The maximum Gasteiger partial charge on any atom is 0.187 e. The van der Waals surface area contributed by atoms with Gasteiger partial charge in [-0.15, -0.1) is 0 Å². The highest BCUT2D eigenvalue weighted by atomic mass is 35.5. The molecule has 2 heterocycles. The summed E-state index contributed by atoms with van der Waals surface area (Å²) in [6, 6.07) is 7.91. The van der Waals surface area contributed by atoms with Gasteiger partial charge in [-0.3, -0.25) is 0 Å². The quantitative estimate of drug-likeness (QED) is 0.796. The average Bonchev–Trinajstić information content (AvgIpc) is 2.66. The van der Waals surface area contributed by atoms with E-state index in [4.69, 9.17) is 16.3 Å². The van der Waals surface area contributed by atoms with Crippen LogP contribution >= 0.6 is 23.3 Å². The van der Waals surface area contributed by atoms with Gasteiger partial charge in [0.25, 0.3) is 0 Å². The smallest absolute Gasteiger partial charge is 0.187 e. The lowest BCUT2D eigenvalue weighted by molar-refractivity contribution is 0.322. The number of rotatable bonds is 1. The maximum absolute atomic E-state index is 6.05. The molecule has 1 aromatic heterocycles. The average molecular weight is 268 g/mol. The zero-order chi connectivity index (χ0) is 11.7. The predicted molar refractivity (Wildman–Crippen MR) is 68.5 cm³/mol. The molecule has 0 fully saturated rings. The Kier molecular flexibility index (Phi) is 2.86. The van der Waals surface area contributed by atoms with Crippen LogP contribution in [0.2, 0.25) is 5.15 Å². The highest BCUT2D eigenvalue weighted by Crippen LogP contribution is 2.37. The van der Waals surface area contributed by atoms with E-state index in [0.29, 0.717) is 11.8 Å². The molecule has 0 radical (unpaired) electrons. The van der Waals surface area contributed by atoms with Gasteiger partial charge in [0.1, 0.15) is 5.75 Å². The number of para-hydroxylation sites is 2. The maximum atomic E-state index is 6.05. The van der Waals surface area contributed by atoms with Crippen molar-refractivity contribution in [3.05, 3.63) is 29.4 Å². The first-order valence-electron chi connectivity index (χ1n) is 5.33. The summed E-state index contributed by atoms with van der Waals surface area (Å²) in [5, 5.41) is 0.451. The molecule has 17 heavy (non-hydrogen) atoms. The van der Waals surface area contributed by atoms with E-state index in [1.54, 1.807) is 0 Å². The third-order valence-electron chi connectivity index (χ3n) is 2.63. The normalized spacial score (nSPS) is 15.0. The van der Waals surface area contributed by atoms with Gasteiger partial charge in [0.05, 0.1) is 24.0 Å². The van der Waals surface area contributed by atoms with Gasteiger partial charge in [-0.05, 0) is 18.6 Å². The van der Waals surface area contributed by atoms with Crippen molar-refractivity contribution in [3.63, 3.8) is 0 Å². The summed E-state index contributed by atoms with van der Waals surface area (Å²) in [4.78, 5) is 2.06. The second-order valence-corrected chi connectivity index (χ2v) is 4.59. The number of benzene rings is 1. The van der Waals surface area contributed by atoms with Crippen LogP contribution in [-0.4, -0.2) is 21.9 Å². The molecule has 0 aliphatic carbocycles. The number of hydrogen-bond acceptors (Lipinski definition) is 5. The Balaban J connectivity index is 2.09. The zero-order valence-corrected chi connectivity index (χ0v) is 10.5. The number of halogens is 1. The number of anilines is 2. The number of aromatic nitrogens is 2. The largest absolute Gasteiger partial charge is 0.491 e. The Bertz CT molecular complexity index is 531. The third kappa shape index (κ3) is 1.96. The molecule has 0 saturated carbocycles. The molecule has 4 nitrogen and oxygen atoms in total. The molecule has 0 bridgehead atoms. The Hall–Kier alpha value is -1.33. The number of ether oxygens (including phenoxy) is 1. The van der Waals surface area contributed by atoms with Crippen LogP contribution in [0.25, 0.3) is 0 Å². The van der Waals surface area contributed by atoms with Crippen LogP contribution in [0, 0.1) is 0 Å². The van der Waals surface area contributed by atoms with E-state index in [-0.39, 0.29) is 0 Å². The SMILES string of the molecule is Clc1nsnc1N1CCCOc2ccccc21. The fourth-order valence-corrected chi connectivity index (χ4v) is 2.63. The van der Waals surface area contributed by atoms with Crippen molar-refractivity contribution < 1.29 is 4.74 Å². The van der Waals surface area contributed by atoms with E-state index in [2.05, 4.69) is 13.6 Å². The lowest BCUT2D eigenvalue weighted by atomic mass is 10.2. The minimum absolute atomic E-state index is 0.451. The molecule has 0 amide bonds. The van der Waals surface area contributed by atoms with Crippen LogP contribution in [0.1, 0.15) is 6.42 Å². The molecule has 6 heteroatoms. The molecule has 3 rings (SSSR count). The topological polar surface area (TPSA) is 38.2 Å². The summed E-state index contributed by atoms with van der Waals surface area (Å²) in [6.45, 7) is 1.55. The standard InChI is InChI=1S/C11H10ClN3OS/c12-10-11(14-17-13-10)15-6-3-7-16-9-5-2-1-4-8(9)15/h1-2,4-5H,3,6-7H2. The van der Waals surface area contributed by atoms with Crippen LogP contribution in [0.15, 0.2) is 24.3 Å². The molecule has 0 atom stereocenters. The van der Waals surface area contributed by atoms with Gasteiger partial charge < -0.3 is 9.64 Å². The van der Waals surface area contributed by atoms with Crippen LogP contribution < -0.4 is 9.64 Å². The summed E-state index contributed by atoms with van der Waals surface area (Å²) in [5.41, 5.74) is 1.000. The van der Waals surface area contributed by atoms with Gasteiger partial charge in [0, 0.05) is 6.54 Å². The van der Waals surface area contributed by atoms with Gasteiger partial charge in [-0.25, -0.2) is 0 Å². The van der Waals surface area contributed by atoms with Crippen molar-refractivity contribution in [2.75, 3.05) is 18.1 Å². The van der Waals surface area contributed by atoms with Crippen molar-refractivity contribution in [2.24, 2.45) is 0 Å². The second-order valence-electron chi connectivity index (χ2n) is 3.70. The fraction of sp³-hybridized carbons (Fsp3) is 0.273. The number of nitrogens with zero attached hydrogens (tertiary/aromatic N) is 3. The first kappa shape index (κ1) is 10.8. The molecule has 0 unspecified atom stereocenters. The van der Waals surface area contributed by atoms with E-state index in [1.807, 2.05) is 24.3 Å². The van der Waals surface area contributed by atoms with E-state index in [9.17, 15) is 0 Å². The molecular formula is C11H10ClN3OS. The molecule has 1 aliphatic rings. The Morgan fingerprint density at radius 1 is 1.29 bits per heavy atom. The van der Waals surface area contributed by atoms with E-state index < -0.39 is 0 Å². The summed E-state index contributed by atoms with van der Waals surface area (Å²) >= 11 is 7.17. The van der Waals surface area contributed by atoms with E-state index in [0.717, 1.165) is 41.9 Å². The highest BCUT2D eigenvalue weighted by Gasteiger charge is 2.21. The summed E-state index contributed by atoms with van der Waals surface area (Å²) < 4.78 is 13.9. The first-order valence-corrected chi connectivity index (χ1v) is 6.44. The van der Waals surface area contributed by atoms with Crippen molar-refractivity contribution in [2.45, 2.75) is 6.42 Å². The summed E-state index contributed by atoms with van der Waals surface area (Å²) in [7, 11) is 0. The Labute approximate surface area is 108 Å². The van der Waals surface area contributed by atoms with Gasteiger partial charge in [-0.1, -0.05) is 23.7 Å². The number of hydrogen-bond donors (Lipinski definition) is 0. The predicted octanol–water partition coefficient (Wildman–Crippen LogP) is 3.11. The fourth-order valence-electron chi connectivity index (χ4n) is 1.88. The molecule has 2 aromatic rings. The monoisotopic (exact) mass is 267 g/mol.